The van der Waals surface area contributed by atoms with Crippen LogP contribution in [-0.4, -0.2) is 6.29 Å². The van der Waals surface area contributed by atoms with Gasteiger partial charge in [0.05, 0.1) is 0 Å². The second-order valence-corrected chi connectivity index (χ2v) is 4.08. The lowest BCUT2D eigenvalue weighted by Crippen LogP contribution is -2.22. The highest BCUT2D eigenvalue weighted by Gasteiger charge is 2.29. The minimum atomic E-state index is 0.263. The molecule has 1 atom stereocenters. The molecular weight excluding hydrogens is 148 g/mol. The van der Waals surface area contributed by atoms with Gasteiger partial charge in [0.15, 0.2) is 0 Å². The quantitative estimate of drug-likeness (QED) is 0.465. The van der Waals surface area contributed by atoms with Gasteiger partial charge in [-0.25, -0.2) is 0 Å². The SMILES string of the molecule is C=C1CCCCC1(C)CCC=O. The Labute approximate surface area is 74.9 Å². The van der Waals surface area contributed by atoms with Crippen molar-refractivity contribution >= 4 is 6.29 Å². The van der Waals surface area contributed by atoms with Gasteiger partial charge in [0.1, 0.15) is 6.29 Å². The standard InChI is InChI=1S/C11H18O/c1-10-6-3-4-7-11(10,2)8-5-9-12/h9H,1,3-8H2,2H3. The number of hydrogen-bond donors (Lipinski definition) is 0. The van der Waals surface area contributed by atoms with E-state index in [9.17, 15) is 4.79 Å². The molecule has 0 aromatic rings. The van der Waals surface area contributed by atoms with Crippen LogP contribution in [0.2, 0.25) is 0 Å². The van der Waals surface area contributed by atoms with Gasteiger partial charge in [-0.2, -0.15) is 0 Å². The van der Waals surface area contributed by atoms with E-state index in [-0.39, 0.29) is 5.41 Å². The average Bonchev–Trinajstić information content (AvgIpc) is 2.07. The zero-order valence-corrected chi connectivity index (χ0v) is 7.94. The monoisotopic (exact) mass is 166 g/mol. The minimum Gasteiger partial charge on any atom is -0.303 e. The highest BCUT2D eigenvalue weighted by molar-refractivity contribution is 5.49. The third-order valence-electron chi connectivity index (χ3n) is 3.12. The Morgan fingerprint density at radius 2 is 2.33 bits per heavy atom. The molecule has 0 N–H and O–H groups in total. The van der Waals surface area contributed by atoms with Crippen molar-refractivity contribution in [3.8, 4) is 0 Å². The first-order chi connectivity index (χ1) is 5.69. The maximum atomic E-state index is 10.3. The summed E-state index contributed by atoms with van der Waals surface area (Å²) in [7, 11) is 0. The molecule has 0 spiro atoms. The van der Waals surface area contributed by atoms with E-state index in [1.165, 1.54) is 24.8 Å². The summed E-state index contributed by atoms with van der Waals surface area (Å²) in [4.78, 5) is 10.3. The Balaban J connectivity index is 2.53. The summed E-state index contributed by atoms with van der Waals surface area (Å²) >= 11 is 0. The lowest BCUT2D eigenvalue weighted by Gasteiger charge is -2.35. The largest absolute Gasteiger partial charge is 0.303 e. The van der Waals surface area contributed by atoms with Crippen LogP contribution in [0.3, 0.4) is 0 Å². The van der Waals surface area contributed by atoms with Crippen molar-refractivity contribution in [2.75, 3.05) is 0 Å². The Morgan fingerprint density at radius 1 is 1.58 bits per heavy atom. The summed E-state index contributed by atoms with van der Waals surface area (Å²) in [5, 5.41) is 0. The van der Waals surface area contributed by atoms with Crippen molar-refractivity contribution in [2.45, 2.75) is 45.4 Å². The number of allylic oxidation sites excluding steroid dienone is 1. The van der Waals surface area contributed by atoms with E-state index in [0.29, 0.717) is 6.42 Å². The van der Waals surface area contributed by atoms with Crippen LogP contribution in [0.25, 0.3) is 0 Å². The van der Waals surface area contributed by atoms with Crippen LogP contribution in [0.4, 0.5) is 0 Å². The third-order valence-corrected chi connectivity index (χ3v) is 3.12. The van der Waals surface area contributed by atoms with Crippen molar-refractivity contribution < 1.29 is 4.79 Å². The summed E-state index contributed by atoms with van der Waals surface area (Å²) in [5.74, 6) is 0. The van der Waals surface area contributed by atoms with E-state index < -0.39 is 0 Å². The molecule has 1 heteroatoms. The third kappa shape index (κ3) is 1.96. The van der Waals surface area contributed by atoms with Gasteiger partial charge < -0.3 is 4.79 Å². The number of carbonyl (C=O) groups is 1. The average molecular weight is 166 g/mol. The smallest absolute Gasteiger partial charge is 0.120 e. The Morgan fingerprint density at radius 3 is 2.92 bits per heavy atom. The molecule has 1 unspecified atom stereocenters. The van der Waals surface area contributed by atoms with Crippen LogP contribution >= 0.6 is 0 Å². The topological polar surface area (TPSA) is 17.1 Å². The Hall–Kier alpha value is -0.590. The zero-order valence-electron chi connectivity index (χ0n) is 7.94. The lowest BCUT2D eigenvalue weighted by atomic mass is 9.70. The van der Waals surface area contributed by atoms with Gasteiger partial charge in [0.2, 0.25) is 0 Å². The summed E-state index contributed by atoms with van der Waals surface area (Å²) in [6, 6.07) is 0. The first-order valence-corrected chi connectivity index (χ1v) is 4.81. The summed E-state index contributed by atoms with van der Waals surface area (Å²) < 4.78 is 0. The highest BCUT2D eigenvalue weighted by atomic mass is 16.1. The van der Waals surface area contributed by atoms with Gasteiger partial charge in [-0.3, -0.25) is 0 Å². The molecular formula is C11H18O. The molecule has 12 heavy (non-hydrogen) atoms. The van der Waals surface area contributed by atoms with Crippen molar-refractivity contribution in [1.29, 1.82) is 0 Å². The number of carbonyl (C=O) groups excluding carboxylic acids is 1. The summed E-state index contributed by atoms with van der Waals surface area (Å²) in [5.41, 5.74) is 1.62. The van der Waals surface area contributed by atoms with Crippen molar-refractivity contribution in [1.82, 2.24) is 0 Å². The van der Waals surface area contributed by atoms with Crippen molar-refractivity contribution in [3.63, 3.8) is 0 Å². The van der Waals surface area contributed by atoms with E-state index in [0.717, 1.165) is 19.1 Å². The summed E-state index contributed by atoms with van der Waals surface area (Å²) in [6.45, 7) is 6.35. The van der Waals surface area contributed by atoms with Gasteiger partial charge in [-0.1, -0.05) is 25.5 Å². The molecule has 68 valence electrons. The second-order valence-electron chi connectivity index (χ2n) is 4.08. The van der Waals surface area contributed by atoms with Gasteiger partial charge in [0, 0.05) is 6.42 Å². The predicted molar refractivity (Wildman–Crippen MR) is 51.0 cm³/mol. The molecule has 0 aromatic heterocycles. The van der Waals surface area contributed by atoms with Gasteiger partial charge in [-0.15, -0.1) is 0 Å². The molecule has 0 aromatic carbocycles. The molecule has 0 heterocycles. The van der Waals surface area contributed by atoms with Gasteiger partial charge in [-0.05, 0) is 31.1 Å². The van der Waals surface area contributed by atoms with Crippen LogP contribution in [0.15, 0.2) is 12.2 Å². The molecule has 1 fully saturated rings. The first-order valence-electron chi connectivity index (χ1n) is 4.81. The molecule has 0 saturated heterocycles. The molecule has 0 amide bonds. The van der Waals surface area contributed by atoms with Crippen LogP contribution in [0.5, 0.6) is 0 Å². The van der Waals surface area contributed by atoms with E-state index in [1.54, 1.807) is 0 Å². The molecule has 1 rings (SSSR count). The Bertz CT molecular complexity index is 183. The Kier molecular flexibility index (Phi) is 3.07. The van der Waals surface area contributed by atoms with Crippen molar-refractivity contribution in [3.05, 3.63) is 12.2 Å². The fourth-order valence-corrected chi connectivity index (χ4v) is 2.01. The van der Waals surface area contributed by atoms with Gasteiger partial charge in [0.25, 0.3) is 0 Å². The maximum absolute atomic E-state index is 10.3. The second kappa shape index (κ2) is 3.88. The van der Waals surface area contributed by atoms with Crippen LogP contribution < -0.4 is 0 Å². The van der Waals surface area contributed by atoms with E-state index >= 15 is 0 Å². The molecule has 0 aliphatic heterocycles. The van der Waals surface area contributed by atoms with Crippen LogP contribution in [0, 0.1) is 5.41 Å². The number of hydrogen-bond acceptors (Lipinski definition) is 1. The molecule has 1 nitrogen and oxygen atoms in total. The summed E-state index contributed by atoms with van der Waals surface area (Å²) in [6.07, 6.45) is 7.68. The van der Waals surface area contributed by atoms with E-state index in [1.807, 2.05) is 0 Å². The number of aldehydes is 1. The van der Waals surface area contributed by atoms with Crippen LogP contribution in [-0.2, 0) is 4.79 Å². The molecule has 1 saturated carbocycles. The van der Waals surface area contributed by atoms with Crippen molar-refractivity contribution in [2.24, 2.45) is 5.41 Å². The van der Waals surface area contributed by atoms with E-state index in [4.69, 9.17) is 0 Å². The highest BCUT2D eigenvalue weighted by Crippen LogP contribution is 2.42. The van der Waals surface area contributed by atoms with Crippen LogP contribution in [0.1, 0.15) is 45.4 Å². The minimum absolute atomic E-state index is 0.263. The predicted octanol–water partition coefficient (Wildman–Crippen LogP) is 3.10. The number of rotatable bonds is 3. The fourth-order valence-electron chi connectivity index (χ4n) is 2.01. The maximum Gasteiger partial charge on any atom is 0.120 e. The molecule has 0 bridgehead atoms. The molecule has 1 aliphatic carbocycles. The first kappa shape index (κ1) is 9.50. The molecule has 0 radical (unpaired) electrons. The normalized spacial score (nSPS) is 30.2. The zero-order chi connectivity index (χ0) is 9.03. The molecule has 1 aliphatic rings. The van der Waals surface area contributed by atoms with E-state index in [2.05, 4.69) is 13.5 Å². The fraction of sp³-hybridized carbons (Fsp3) is 0.727. The van der Waals surface area contributed by atoms with Gasteiger partial charge >= 0.3 is 0 Å². The lowest BCUT2D eigenvalue weighted by molar-refractivity contribution is -0.108.